The molecule has 1 aliphatic rings. The van der Waals surface area contributed by atoms with E-state index in [4.69, 9.17) is 33.1 Å². The van der Waals surface area contributed by atoms with Crippen LogP contribution in [0.1, 0.15) is 27.7 Å². The quantitative estimate of drug-likeness (QED) is 0.183. The maximum atomic E-state index is 6.56. The highest BCUT2D eigenvalue weighted by Gasteiger charge is 2.52. The van der Waals surface area contributed by atoms with E-state index < -0.39 is 18.3 Å². The van der Waals surface area contributed by atoms with Crippen molar-refractivity contribution in [3.05, 3.63) is 109 Å². The van der Waals surface area contributed by atoms with Gasteiger partial charge in [-0.2, -0.15) is 0 Å². The summed E-state index contributed by atoms with van der Waals surface area (Å²) in [5.74, 6) is 1.69. The molecule has 0 N–H and O–H groups in total. The average molecular weight is 615 g/mol. The molecular formula is C39H30BN3O4. The maximum Gasteiger partial charge on any atom is 0.498 e. The molecule has 1 fully saturated rings. The third kappa shape index (κ3) is 4.47. The zero-order valence-electron chi connectivity index (χ0n) is 26.4. The van der Waals surface area contributed by atoms with Gasteiger partial charge >= 0.3 is 7.12 Å². The first-order valence-corrected chi connectivity index (χ1v) is 15.8. The van der Waals surface area contributed by atoms with Crippen molar-refractivity contribution >= 4 is 56.5 Å². The van der Waals surface area contributed by atoms with E-state index in [0.29, 0.717) is 17.5 Å². The van der Waals surface area contributed by atoms with Crippen LogP contribution in [-0.4, -0.2) is 33.3 Å². The molecule has 0 unspecified atom stereocenters. The van der Waals surface area contributed by atoms with E-state index in [-0.39, 0.29) is 0 Å². The van der Waals surface area contributed by atoms with E-state index >= 15 is 0 Å². The van der Waals surface area contributed by atoms with E-state index in [9.17, 15) is 0 Å². The molecule has 0 spiro atoms. The zero-order chi connectivity index (χ0) is 31.9. The number of nitrogens with zero attached hydrogens (tertiary/aromatic N) is 3. The summed E-state index contributed by atoms with van der Waals surface area (Å²) in [5.41, 5.74) is 5.63. The van der Waals surface area contributed by atoms with E-state index in [2.05, 4.69) is 52.0 Å². The topological polar surface area (TPSA) is 83.4 Å². The second-order valence-electron chi connectivity index (χ2n) is 13.1. The van der Waals surface area contributed by atoms with Crippen molar-refractivity contribution in [2.75, 3.05) is 0 Å². The molecule has 0 saturated carbocycles. The summed E-state index contributed by atoms with van der Waals surface area (Å²) in [6.07, 6.45) is 0. The Labute approximate surface area is 271 Å². The first-order chi connectivity index (χ1) is 22.7. The van der Waals surface area contributed by atoms with Gasteiger partial charge in [0.05, 0.1) is 11.2 Å². The Balaban J connectivity index is 1.18. The molecule has 8 aromatic rings. The zero-order valence-corrected chi connectivity index (χ0v) is 26.4. The molecule has 0 aliphatic carbocycles. The van der Waals surface area contributed by atoms with Crippen LogP contribution in [0, 0.1) is 0 Å². The van der Waals surface area contributed by atoms with Gasteiger partial charge in [0.2, 0.25) is 0 Å². The molecule has 47 heavy (non-hydrogen) atoms. The lowest BCUT2D eigenvalue weighted by atomic mass is 9.78. The number of benzene rings is 5. The monoisotopic (exact) mass is 615 g/mol. The third-order valence-electron chi connectivity index (χ3n) is 9.60. The number of rotatable bonds is 4. The Morgan fingerprint density at radius 3 is 1.68 bits per heavy atom. The van der Waals surface area contributed by atoms with Gasteiger partial charge in [-0.15, -0.1) is 0 Å². The Morgan fingerprint density at radius 1 is 0.468 bits per heavy atom. The molecule has 7 nitrogen and oxygen atoms in total. The second-order valence-corrected chi connectivity index (χ2v) is 13.1. The fraction of sp³-hybridized carbons (Fsp3) is 0.154. The van der Waals surface area contributed by atoms with Gasteiger partial charge in [0.25, 0.3) is 0 Å². The van der Waals surface area contributed by atoms with Gasteiger partial charge in [-0.05, 0) is 58.0 Å². The lowest BCUT2D eigenvalue weighted by molar-refractivity contribution is 0.00578. The summed E-state index contributed by atoms with van der Waals surface area (Å²) in [6, 6.07) is 36.3. The van der Waals surface area contributed by atoms with E-state index in [1.165, 1.54) is 0 Å². The highest BCUT2D eigenvalue weighted by atomic mass is 16.7. The Kier molecular flexibility index (Phi) is 6.01. The van der Waals surface area contributed by atoms with Gasteiger partial charge in [0, 0.05) is 43.7 Å². The molecule has 0 radical (unpaired) electrons. The van der Waals surface area contributed by atoms with Crippen LogP contribution in [0.4, 0.5) is 0 Å². The minimum atomic E-state index is -0.535. The molecule has 1 saturated heterocycles. The number of hydrogen-bond donors (Lipinski definition) is 0. The summed E-state index contributed by atoms with van der Waals surface area (Å²) in [6.45, 7) is 8.22. The van der Waals surface area contributed by atoms with Crippen LogP contribution in [0.15, 0.2) is 118 Å². The van der Waals surface area contributed by atoms with Gasteiger partial charge in [0.15, 0.2) is 17.5 Å². The standard InChI is InChI=1S/C39H30BN3O4/c1-38(2)39(3,4)47-40(46-38)30-15-10-14-29-28-20-18-25(22-33(28)45-34(29)30)37-42-35(23-11-6-5-7-12-23)41-36(43-37)24-17-19-27-26-13-8-9-16-31(26)44-32(27)21-24/h5-22H,1-4H3. The van der Waals surface area contributed by atoms with Crippen molar-refractivity contribution in [1.29, 1.82) is 0 Å². The summed E-state index contributed by atoms with van der Waals surface area (Å²) in [7, 11) is -0.535. The third-order valence-corrected chi connectivity index (χ3v) is 9.60. The van der Waals surface area contributed by atoms with Crippen molar-refractivity contribution in [3.8, 4) is 34.2 Å². The molecule has 4 heterocycles. The molecule has 228 valence electrons. The van der Waals surface area contributed by atoms with Crippen LogP contribution >= 0.6 is 0 Å². The van der Waals surface area contributed by atoms with Crippen molar-refractivity contribution in [2.24, 2.45) is 0 Å². The fourth-order valence-electron chi connectivity index (χ4n) is 6.33. The second kappa shape index (κ2) is 10.1. The lowest BCUT2D eigenvalue weighted by Gasteiger charge is -2.32. The molecule has 0 atom stereocenters. The van der Waals surface area contributed by atoms with Crippen molar-refractivity contribution in [1.82, 2.24) is 15.0 Å². The molecule has 9 rings (SSSR count). The molecule has 3 aromatic heterocycles. The maximum absolute atomic E-state index is 6.56. The summed E-state index contributed by atoms with van der Waals surface area (Å²) in [4.78, 5) is 14.9. The predicted octanol–water partition coefficient (Wildman–Crippen LogP) is 8.97. The SMILES string of the molecule is CC1(C)OB(c2cccc3c2oc2cc(-c4nc(-c5ccccc5)nc(-c5ccc6c(c5)oc5ccccc56)n4)ccc23)OC1(C)C. The Hall–Kier alpha value is -5.31. The Morgan fingerprint density at radius 2 is 1.00 bits per heavy atom. The summed E-state index contributed by atoms with van der Waals surface area (Å²) >= 11 is 0. The van der Waals surface area contributed by atoms with Crippen molar-refractivity contribution in [2.45, 2.75) is 38.9 Å². The minimum Gasteiger partial charge on any atom is -0.456 e. The number of para-hydroxylation sites is 2. The summed E-state index contributed by atoms with van der Waals surface area (Å²) < 4.78 is 25.5. The number of aromatic nitrogens is 3. The van der Waals surface area contributed by atoms with E-state index in [1.807, 2.05) is 84.9 Å². The highest BCUT2D eigenvalue weighted by molar-refractivity contribution is 6.65. The van der Waals surface area contributed by atoms with Crippen LogP contribution in [0.3, 0.4) is 0 Å². The van der Waals surface area contributed by atoms with Crippen molar-refractivity contribution in [3.63, 3.8) is 0 Å². The first-order valence-electron chi connectivity index (χ1n) is 15.8. The average Bonchev–Trinajstić information content (AvgIpc) is 3.72. The number of fused-ring (bicyclic) bond motifs is 6. The molecule has 0 amide bonds. The molecule has 8 heteroatoms. The normalized spacial score (nSPS) is 15.8. The van der Waals surface area contributed by atoms with Crippen LogP contribution in [0.5, 0.6) is 0 Å². The van der Waals surface area contributed by atoms with Gasteiger partial charge in [-0.25, -0.2) is 15.0 Å². The summed E-state index contributed by atoms with van der Waals surface area (Å²) in [5, 5.41) is 4.13. The molecular weight excluding hydrogens is 585 g/mol. The largest absolute Gasteiger partial charge is 0.498 e. The fourth-order valence-corrected chi connectivity index (χ4v) is 6.33. The van der Waals surface area contributed by atoms with Gasteiger partial charge in [-0.1, -0.05) is 78.9 Å². The minimum absolute atomic E-state index is 0.458. The Bertz CT molecular complexity index is 2480. The lowest BCUT2D eigenvalue weighted by Crippen LogP contribution is -2.41. The predicted molar refractivity (Wildman–Crippen MR) is 186 cm³/mol. The van der Waals surface area contributed by atoms with Crippen molar-refractivity contribution < 1.29 is 18.1 Å². The molecule has 1 aliphatic heterocycles. The van der Waals surface area contributed by atoms with E-state index in [0.717, 1.165) is 66.0 Å². The number of hydrogen-bond acceptors (Lipinski definition) is 7. The van der Waals surface area contributed by atoms with Gasteiger partial charge in [0.1, 0.15) is 22.3 Å². The number of furan rings is 2. The molecule has 0 bridgehead atoms. The van der Waals surface area contributed by atoms with Crippen LogP contribution in [0.2, 0.25) is 0 Å². The molecule has 5 aromatic carbocycles. The van der Waals surface area contributed by atoms with Crippen LogP contribution in [0.25, 0.3) is 78.0 Å². The highest BCUT2D eigenvalue weighted by Crippen LogP contribution is 2.39. The van der Waals surface area contributed by atoms with Gasteiger partial charge < -0.3 is 18.1 Å². The van der Waals surface area contributed by atoms with Crippen LogP contribution in [-0.2, 0) is 9.31 Å². The first kappa shape index (κ1) is 28.0. The van der Waals surface area contributed by atoms with E-state index in [1.54, 1.807) is 0 Å². The van der Waals surface area contributed by atoms with Crippen LogP contribution < -0.4 is 5.46 Å². The van der Waals surface area contributed by atoms with Gasteiger partial charge in [-0.3, -0.25) is 0 Å². The smallest absolute Gasteiger partial charge is 0.456 e.